The van der Waals surface area contributed by atoms with Crippen molar-refractivity contribution in [2.24, 2.45) is 5.92 Å². The molecule has 0 spiro atoms. The van der Waals surface area contributed by atoms with Crippen LogP contribution in [-0.2, 0) is 29.1 Å². The fraction of sp³-hybridized carbons (Fsp3) is 0.393. The SMILES string of the molecule is O=C(NCCCc1ccccc1)C1CCN(C(=O)c2ncn3c2CO[C@H](c2ccccc2)C3)CC1. The second-order valence-corrected chi connectivity index (χ2v) is 9.35. The van der Waals surface area contributed by atoms with Crippen molar-refractivity contribution in [2.45, 2.75) is 44.9 Å². The van der Waals surface area contributed by atoms with Gasteiger partial charge >= 0.3 is 0 Å². The number of piperidine rings is 1. The van der Waals surface area contributed by atoms with Crippen molar-refractivity contribution in [3.63, 3.8) is 0 Å². The van der Waals surface area contributed by atoms with Gasteiger partial charge in [0, 0.05) is 25.6 Å². The lowest BCUT2D eigenvalue weighted by atomic mass is 9.95. The molecule has 7 heteroatoms. The van der Waals surface area contributed by atoms with Crippen LogP contribution in [0.1, 0.15) is 52.7 Å². The minimum absolute atomic E-state index is 0.0391. The summed E-state index contributed by atoms with van der Waals surface area (Å²) in [6.45, 7) is 2.83. The van der Waals surface area contributed by atoms with Crippen molar-refractivity contribution in [1.29, 1.82) is 0 Å². The number of hydrogen-bond donors (Lipinski definition) is 1. The van der Waals surface area contributed by atoms with Crippen LogP contribution in [0.25, 0.3) is 0 Å². The minimum atomic E-state index is -0.0674. The van der Waals surface area contributed by atoms with E-state index >= 15 is 0 Å². The highest BCUT2D eigenvalue weighted by atomic mass is 16.5. The zero-order valence-electron chi connectivity index (χ0n) is 19.9. The first-order valence-electron chi connectivity index (χ1n) is 12.5. The molecule has 0 bridgehead atoms. The van der Waals surface area contributed by atoms with Gasteiger partial charge in [-0.25, -0.2) is 4.98 Å². The molecule has 1 N–H and O–H groups in total. The van der Waals surface area contributed by atoms with E-state index in [1.807, 2.05) is 45.9 Å². The van der Waals surface area contributed by atoms with Gasteiger partial charge in [0.2, 0.25) is 5.91 Å². The van der Waals surface area contributed by atoms with Crippen LogP contribution in [0.2, 0.25) is 0 Å². The van der Waals surface area contributed by atoms with Crippen molar-refractivity contribution < 1.29 is 14.3 Å². The lowest BCUT2D eigenvalue weighted by Crippen LogP contribution is -2.43. The highest BCUT2D eigenvalue weighted by Gasteiger charge is 2.32. The number of ether oxygens (including phenoxy) is 1. The average molecular weight is 473 g/mol. The summed E-state index contributed by atoms with van der Waals surface area (Å²) in [5.74, 6) is -0.00577. The Kier molecular flexibility index (Phi) is 7.23. The number of carbonyl (C=O) groups is 2. The molecule has 7 nitrogen and oxygen atoms in total. The standard InChI is InChI=1S/C28H32N4O3/c33-27(29-15-7-10-21-8-3-1-4-9-21)23-13-16-31(17-14-23)28(34)26-24-19-35-25(18-32(24)20-30-26)22-11-5-2-6-12-22/h1-6,8-9,11-12,20,23,25H,7,10,13-19H2,(H,29,33)/t25-/m0/s1. The summed E-state index contributed by atoms with van der Waals surface area (Å²) in [6, 6.07) is 20.4. The Morgan fingerprint density at radius 3 is 2.46 bits per heavy atom. The zero-order valence-corrected chi connectivity index (χ0v) is 19.9. The molecule has 5 rings (SSSR count). The molecule has 2 aromatic carbocycles. The maximum Gasteiger partial charge on any atom is 0.274 e. The Morgan fingerprint density at radius 2 is 1.71 bits per heavy atom. The molecule has 1 aromatic heterocycles. The second kappa shape index (κ2) is 10.9. The molecule has 182 valence electrons. The molecule has 1 atom stereocenters. The van der Waals surface area contributed by atoms with E-state index in [-0.39, 0.29) is 23.8 Å². The van der Waals surface area contributed by atoms with Crippen LogP contribution in [0.5, 0.6) is 0 Å². The van der Waals surface area contributed by atoms with Crippen LogP contribution in [0.15, 0.2) is 67.0 Å². The third-order valence-electron chi connectivity index (χ3n) is 7.04. The number of likely N-dealkylation sites (tertiary alicyclic amines) is 1. The van der Waals surface area contributed by atoms with E-state index in [1.165, 1.54) is 5.56 Å². The zero-order chi connectivity index (χ0) is 24.0. The second-order valence-electron chi connectivity index (χ2n) is 9.35. The summed E-state index contributed by atoms with van der Waals surface area (Å²) in [5.41, 5.74) is 3.72. The summed E-state index contributed by atoms with van der Waals surface area (Å²) in [7, 11) is 0. The number of aromatic nitrogens is 2. The van der Waals surface area contributed by atoms with Gasteiger partial charge in [-0.3, -0.25) is 9.59 Å². The Bertz CT molecular complexity index is 1140. The van der Waals surface area contributed by atoms with Crippen molar-refractivity contribution in [3.05, 3.63) is 89.5 Å². The minimum Gasteiger partial charge on any atom is -0.365 e. The molecule has 3 heterocycles. The van der Waals surface area contributed by atoms with Crippen LogP contribution in [0.4, 0.5) is 0 Å². The summed E-state index contributed by atoms with van der Waals surface area (Å²) in [4.78, 5) is 32.1. The number of nitrogens with one attached hydrogen (secondary N) is 1. The van der Waals surface area contributed by atoms with E-state index in [4.69, 9.17) is 4.74 Å². The number of imidazole rings is 1. The van der Waals surface area contributed by atoms with Gasteiger partial charge in [0.15, 0.2) is 5.69 Å². The molecule has 1 fully saturated rings. The first-order chi connectivity index (χ1) is 17.2. The van der Waals surface area contributed by atoms with Gasteiger partial charge in [-0.15, -0.1) is 0 Å². The lowest BCUT2D eigenvalue weighted by Gasteiger charge is -2.31. The van der Waals surface area contributed by atoms with E-state index in [9.17, 15) is 9.59 Å². The van der Waals surface area contributed by atoms with Crippen molar-refractivity contribution in [3.8, 4) is 0 Å². The highest BCUT2D eigenvalue weighted by Crippen LogP contribution is 2.28. The Labute approximate surface area is 206 Å². The normalized spacial score (nSPS) is 18.2. The molecular weight excluding hydrogens is 440 g/mol. The molecule has 1 saturated heterocycles. The third-order valence-corrected chi connectivity index (χ3v) is 7.04. The Hall–Kier alpha value is -3.45. The van der Waals surface area contributed by atoms with E-state index in [0.717, 1.165) is 24.1 Å². The quantitative estimate of drug-likeness (QED) is 0.532. The molecule has 2 amide bonds. The molecule has 2 aliphatic rings. The topological polar surface area (TPSA) is 76.5 Å². The van der Waals surface area contributed by atoms with Gasteiger partial charge in [-0.2, -0.15) is 0 Å². The number of amides is 2. The maximum atomic E-state index is 13.2. The number of benzene rings is 2. The number of hydrogen-bond acceptors (Lipinski definition) is 4. The van der Waals surface area contributed by atoms with Crippen molar-refractivity contribution in [1.82, 2.24) is 19.8 Å². The smallest absolute Gasteiger partial charge is 0.274 e. The van der Waals surface area contributed by atoms with Crippen LogP contribution in [0, 0.1) is 5.92 Å². The van der Waals surface area contributed by atoms with Gasteiger partial charge in [0.25, 0.3) is 5.91 Å². The van der Waals surface area contributed by atoms with Crippen LogP contribution < -0.4 is 5.32 Å². The van der Waals surface area contributed by atoms with E-state index in [0.29, 0.717) is 51.3 Å². The van der Waals surface area contributed by atoms with E-state index in [2.05, 4.69) is 34.6 Å². The fourth-order valence-corrected chi connectivity index (χ4v) is 4.96. The Balaban J connectivity index is 1.09. The Morgan fingerprint density at radius 1 is 1.00 bits per heavy atom. The molecule has 0 aliphatic carbocycles. The van der Waals surface area contributed by atoms with Gasteiger partial charge < -0.3 is 19.5 Å². The summed E-state index contributed by atoms with van der Waals surface area (Å²) >= 11 is 0. The molecule has 2 aliphatic heterocycles. The number of aryl methyl sites for hydroxylation is 1. The lowest BCUT2D eigenvalue weighted by molar-refractivity contribution is -0.126. The van der Waals surface area contributed by atoms with E-state index in [1.54, 1.807) is 6.33 Å². The molecule has 0 radical (unpaired) electrons. The summed E-state index contributed by atoms with van der Waals surface area (Å²) < 4.78 is 8.10. The molecule has 0 unspecified atom stereocenters. The van der Waals surface area contributed by atoms with Crippen molar-refractivity contribution >= 4 is 11.8 Å². The highest BCUT2D eigenvalue weighted by molar-refractivity contribution is 5.93. The monoisotopic (exact) mass is 472 g/mol. The number of fused-ring (bicyclic) bond motifs is 1. The van der Waals surface area contributed by atoms with E-state index < -0.39 is 0 Å². The third kappa shape index (κ3) is 5.46. The molecular formula is C28H32N4O3. The first-order valence-corrected chi connectivity index (χ1v) is 12.5. The molecule has 35 heavy (non-hydrogen) atoms. The predicted octanol–water partition coefficient (Wildman–Crippen LogP) is 3.76. The van der Waals surface area contributed by atoms with Gasteiger partial charge in [-0.1, -0.05) is 60.7 Å². The largest absolute Gasteiger partial charge is 0.365 e. The van der Waals surface area contributed by atoms with Gasteiger partial charge in [-0.05, 0) is 36.8 Å². The van der Waals surface area contributed by atoms with Crippen LogP contribution in [-0.4, -0.2) is 45.9 Å². The van der Waals surface area contributed by atoms with Crippen LogP contribution >= 0.6 is 0 Å². The summed E-state index contributed by atoms with van der Waals surface area (Å²) in [6.07, 6.45) is 4.95. The average Bonchev–Trinajstić information content (AvgIpc) is 3.35. The fourth-order valence-electron chi connectivity index (χ4n) is 4.96. The van der Waals surface area contributed by atoms with Gasteiger partial charge in [0.05, 0.1) is 25.2 Å². The van der Waals surface area contributed by atoms with Crippen LogP contribution in [0.3, 0.4) is 0 Å². The maximum absolute atomic E-state index is 13.2. The molecule has 3 aromatic rings. The number of nitrogens with zero attached hydrogens (tertiary/aromatic N) is 3. The number of rotatable bonds is 7. The number of carbonyl (C=O) groups excluding carboxylic acids is 2. The van der Waals surface area contributed by atoms with Gasteiger partial charge in [0.1, 0.15) is 6.10 Å². The first kappa shape index (κ1) is 23.3. The molecule has 0 saturated carbocycles. The summed E-state index contributed by atoms with van der Waals surface area (Å²) in [5, 5.41) is 3.08. The van der Waals surface area contributed by atoms with Crippen molar-refractivity contribution in [2.75, 3.05) is 19.6 Å². The predicted molar refractivity (Wildman–Crippen MR) is 133 cm³/mol.